The number of primary amides is 1. The van der Waals surface area contributed by atoms with Crippen LogP contribution < -0.4 is 11.1 Å². The Morgan fingerprint density at radius 2 is 1.64 bits per heavy atom. The Morgan fingerprint density at radius 3 is 2.39 bits per heavy atom. The Balaban J connectivity index is 1.86. The van der Waals surface area contributed by atoms with Crippen LogP contribution in [0.2, 0.25) is 0 Å². The summed E-state index contributed by atoms with van der Waals surface area (Å²) in [7, 11) is 0. The van der Waals surface area contributed by atoms with E-state index in [2.05, 4.69) is 5.32 Å². The maximum Gasteiger partial charge on any atom is 0.258 e. The highest BCUT2D eigenvalue weighted by Gasteiger charge is 2.14. The molecular weight excluding hydrogens is 362 g/mol. The highest BCUT2D eigenvalue weighted by molar-refractivity contribution is 6.05. The molecule has 28 heavy (non-hydrogen) atoms. The lowest BCUT2D eigenvalue weighted by Crippen LogP contribution is -2.14. The number of carbonyl (C=O) groups excluding carboxylic acids is 2. The molecule has 140 valence electrons. The molecule has 0 aliphatic carbocycles. The minimum absolute atomic E-state index is 0.167. The number of carbonyl (C=O) groups is 2. The van der Waals surface area contributed by atoms with Gasteiger partial charge in [-0.15, -0.1) is 0 Å². The summed E-state index contributed by atoms with van der Waals surface area (Å²) in [4.78, 5) is 23.4. The summed E-state index contributed by atoms with van der Waals surface area (Å²) in [5, 5.41) is 2.61. The molecule has 0 aliphatic rings. The summed E-state index contributed by atoms with van der Waals surface area (Å²) in [6, 6.07) is 16.5. The summed E-state index contributed by atoms with van der Waals surface area (Å²) in [5.74, 6) is -2.35. The van der Waals surface area contributed by atoms with Gasteiger partial charge in [-0.25, -0.2) is 8.78 Å². The maximum absolute atomic E-state index is 14.2. The van der Waals surface area contributed by atoms with Gasteiger partial charge >= 0.3 is 0 Å². The maximum atomic E-state index is 14.2. The summed E-state index contributed by atoms with van der Waals surface area (Å²) < 4.78 is 27.7. The van der Waals surface area contributed by atoms with Gasteiger partial charge < -0.3 is 11.1 Å². The summed E-state index contributed by atoms with van der Waals surface area (Å²) >= 11 is 0. The topological polar surface area (TPSA) is 72.2 Å². The van der Waals surface area contributed by atoms with E-state index in [-0.39, 0.29) is 5.56 Å². The molecule has 0 saturated heterocycles. The molecule has 0 fully saturated rings. The zero-order valence-electron chi connectivity index (χ0n) is 14.7. The Morgan fingerprint density at radius 1 is 0.893 bits per heavy atom. The van der Waals surface area contributed by atoms with Crippen LogP contribution in [0.5, 0.6) is 0 Å². The lowest BCUT2D eigenvalue weighted by atomic mass is 10.0. The van der Waals surface area contributed by atoms with Gasteiger partial charge in [0.1, 0.15) is 11.6 Å². The molecule has 0 atom stereocenters. The molecule has 0 bridgehead atoms. The average Bonchev–Trinajstić information content (AvgIpc) is 2.67. The predicted molar refractivity (Wildman–Crippen MR) is 104 cm³/mol. The van der Waals surface area contributed by atoms with Crippen molar-refractivity contribution in [2.24, 2.45) is 5.73 Å². The molecule has 0 aromatic heterocycles. The van der Waals surface area contributed by atoms with Crippen molar-refractivity contribution >= 4 is 23.6 Å². The first-order valence-electron chi connectivity index (χ1n) is 8.37. The minimum Gasteiger partial charge on any atom is -0.366 e. The fraction of sp³-hybridized carbons (Fsp3) is 0. The molecule has 0 heterocycles. The molecule has 0 saturated carbocycles. The fourth-order valence-electron chi connectivity index (χ4n) is 2.64. The first kappa shape index (κ1) is 19.0. The number of benzene rings is 3. The highest BCUT2D eigenvalue weighted by atomic mass is 19.1. The summed E-state index contributed by atoms with van der Waals surface area (Å²) in [5.41, 5.74) is 7.02. The van der Waals surface area contributed by atoms with E-state index < -0.39 is 23.4 Å². The Kier molecular flexibility index (Phi) is 5.60. The lowest BCUT2D eigenvalue weighted by molar-refractivity contribution is -0.113. The summed E-state index contributed by atoms with van der Waals surface area (Å²) in [6.45, 7) is 0. The number of halogens is 2. The Labute approximate surface area is 160 Å². The average molecular weight is 378 g/mol. The number of amides is 2. The molecule has 0 unspecified atom stereocenters. The third kappa shape index (κ3) is 4.67. The molecule has 6 heteroatoms. The first-order chi connectivity index (χ1) is 13.4. The second kappa shape index (κ2) is 8.26. The van der Waals surface area contributed by atoms with Crippen LogP contribution in [0.25, 0.3) is 17.2 Å². The van der Waals surface area contributed by atoms with Crippen LogP contribution in [0.4, 0.5) is 14.5 Å². The molecule has 0 spiro atoms. The quantitative estimate of drug-likeness (QED) is 0.647. The van der Waals surface area contributed by atoms with E-state index in [4.69, 9.17) is 5.73 Å². The predicted octanol–water partition coefficient (Wildman–Crippen LogP) is 4.38. The second-order valence-corrected chi connectivity index (χ2v) is 6.02. The van der Waals surface area contributed by atoms with Gasteiger partial charge in [0.25, 0.3) is 5.91 Å². The number of hydrogen-bond acceptors (Lipinski definition) is 2. The fourth-order valence-corrected chi connectivity index (χ4v) is 2.64. The van der Waals surface area contributed by atoms with Crippen LogP contribution in [0.1, 0.15) is 15.9 Å². The monoisotopic (exact) mass is 378 g/mol. The van der Waals surface area contributed by atoms with Gasteiger partial charge in [-0.2, -0.15) is 0 Å². The lowest BCUT2D eigenvalue weighted by Gasteiger charge is -2.09. The van der Waals surface area contributed by atoms with Crippen LogP contribution in [0, 0.1) is 11.6 Å². The molecule has 2 amide bonds. The normalized spacial score (nSPS) is 10.8. The Hall–Kier alpha value is -3.80. The van der Waals surface area contributed by atoms with Crippen molar-refractivity contribution in [3.63, 3.8) is 0 Å². The Bertz CT molecular complexity index is 1080. The van der Waals surface area contributed by atoms with Crippen molar-refractivity contribution in [1.82, 2.24) is 0 Å². The molecule has 3 aromatic rings. The third-order valence-corrected chi connectivity index (χ3v) is 3.95. The van der Waals surface area contributed by atoms with Crippen LogP contribution in [-0.2, 0) is 4.79 Å². The minimum atomic E-state index is -0.692. The van der Waals surface area contributed by atoms with E-state index >= 15 is 0 Å². The number of anilines is 1. The molecular formula is C22H16F2N2O2. The van der Waals surface area contributed by atoms with Gasteiger partial charge in [-0.05, 0) is 59.2 Å². The highest BCUT2D eigenvalue weighted by Crippen LogP contribution is 2.24. The van der Waals surface area contributed by atoms with Crippen LogP contribution >= 0.6 is 0 Å². The van der Waals surface area contributed by atoms with Crippen molar-refractivity contribution in [3.05, 3.63) is 95.6 Å². The number of rotatable bonds is 5. The van der Waals surface area contributed by atoms with Crippen molar-refractivity contribution in [2.75, 3.05) is 5.32 Å². The molecule has 0 aliphatic heterocycles. The zero-order valence-corrected chi connectivity index (χ0v) is 14.7. The SMILES string of the molecule is NC(=O)/C=C/c1cccc(NC(=O)c2cc(-c3cccc(F)c3)ccc2F)c1. The van der Waals surface area contributed by atoms with Gasteiger partial charge in [0, 0.05) is 11.8 Å². The van der Waals surface area contributed by atoms with Gasteiger partial charge in [-0.1, -0.05) is 30.3 Å². The van der Waals surface area contributed by atoms with Crippen molar-refractivity contribution in [2.45, 2.75) is 0 Å². The van der Waals surface area contributed by atoms with Gasteiger partial charge in [0.15, 0.2) is 0 Å². The van der Waals surface area contributed by atoms with E-state index in [1.165, 1.54) is 42.5 Å². The first-order valence-corrected chi connectivity index (χ1v) is 8.37. The molecule has 4 nitrogen and oxygen atoms in total. The molecule has 3 aromatic carbocycles. The molecule has 0 radical (unpaired) electrons. The van der Waals surface area contributed by atoms with Gasteiger partial charge in [0.2, 0.25) is 5.91 Å². The van der Waals surface area contributed by atoms with E-state index in [0.717, 1.165) is 0 Å². The molecule has 3 N–H and O–H groups in total. The number of hydrogen-bond donors (Lipinski definition) is 2. The molecule has 3 rings (SSSR count). The van der Waals surface area contributed by atoms with Crippen LogP contribution in [-0.4, -0.2) is 11.8 Å². The van der Waals surface area contributed by atoms with Crippen molar-refractivity contribution in [1.29, 1.82) is 0 Å². The van der Waals surface area contributed by atoms with Crippen molar-refractivity contribution in [3.8, 4) is 11.1 Å². The summed E-state index contributed by atoms with van der Waals surface area (Å²) in [6.07, 6.45) is 2.70. The smallest absolute Gasteiger partial charge is 0.258 e. The van der Waals surface area contributed by atoms with E-state index in [9.17, 15) is 18.4 Å². The van der Waals surface area contributed by atoms with E-state index in [0.29, 0.717) is 22.4 Å². The van der Waals surface area contributed by atoms with Crippen LogP contribution in [0.3, 0.4) is 0 Å². The largest absolute Gasteiger partial charge is 0.366 e. The van der Waals surface area contributed by atoms with E-state index in [1.807, 2.05) is 0 Å². The third-order valence-electron chi connectivity index (χ3n) is 3.95. The van der Waals surface area contributed by atoms with Crippen molar-refractivity contribution < 1.29 is 18.4 Å². The second-order valence-electron chi connectivity index (χ2n) is 6.02. The number of nitrogens with one attached hydrogen (secondary N) is 1. The van der Waals surface area contributed by atoms with Gasteiger partial charge in [-0.3, -0.25) is 9.59 Å². The zero-order chi connectivity index (χ0) is 20.1. The van der Waals surface area contributed by atoms with Crippen LogP contribution in [0.15, 0.2) is 72.8 Å². The van der Waals surface area contributed by atoms with Gasteiger partial charge in [0.05, 0.1) is 5.56 Å². The van der Waals surface area contributed by atoms with E-state index in [1.54, 1.807) is 36.4 Å². The standard InChI is InChI=1S/C22H16F2N2O2/c23-17-5-2-4-15(12-17)16-8-9-20(24)19(13-16)22(28)26-18-6-1-3-14(11-18)7-10-21(25)27/h1-13H,(H2,25,27)(H,26,28)/b10-7+. The number of nitrogens with two attached hydrogens (primary N) is 1.